The Kier molecular flexibility index (Phi) is 9.26. The van der Waals surface area contributed by atoms with Crippen molar-refractivity contribution in [2.24, 2.45) is 11.8 Å². The molecule has 0 aliphatic rings. The van der Waals surface area contributed by atoms with Crippen LogP contribution in [0, 0.1) is 11.8 Å². The van der Waals surface area contributed by atoms with E-state index >= 15 is 0 Å². The Morgan fingerprint density at radius 3 is 1.39 bits per heavy atom. The van der Waals surface area contributed by atoms with Crippen LogP contribution in [-0.2, 0) is 19.1 Å². The molecule has 0 heterocycles. The molecule has 0 N–H and O–H groups in total. The first-order valence-corrected chi connectivity index (χ1v) is 17.9. The van der Waals surface area contributed by atoms with Crippen molar-refractivity contribution >= 4 is 38.5 Å². The number of benzene rings is 2. The highest BCUT2D eigenvalue weighted by atomic mass is 28.3. The normalized spacial score (nSPS) is 14.1. The van der Waals surface area contributed by atoms with E-state index in [4.69, 9.17) is 9.47 Å². The Hall–Kier alpha value is -2.19. The van der Waals surface area contributed by atoms with Crippen LogP contribution in [0.1, 0.15) is 20.3 Å². The highest BCUT2D eigenvalue weighted by Gasteiger charge is 2.50. The van der Waals surface area contributed by atoms with Gasteiger partial charge in [-0.3, -0.25) is 9.59 Å². The number of rotatable bonds is 10. The molecule has 0 spiro atoms. The van der Waals surface area contributed by atoms with Crippen LogP contribution in [0.3, 0.4) is 0 Å². The van der Waals surface area contributed by atoms with Crippen molar-refractivity contribution in [3.8, 4) is 0 Å². The minimum absolute atomic E-state index is 0.150. The van der Waals surface area contributed by atoms with Gasteiger partial charge in [0.15, 0.2) is 5.92 Å². The van der Waals surface area contributed by atoms with Gasteiger partial charge in [-0.05, 0) is 17.0 Å². The predicted octanol–water partition coefficient (Wildman–Crippen LogP) is 4.97. The molecular formula is C27H40O4Si2. The van der Waals surface area contributed by atoms with E-state index in [9.17, 15) is 9.59 Å². The van der Waals surface area contributed by atoms with Crippen LogP contribution < -0.4 is 10.4 Å². The van der Waals surface area contributed by atoms with Gasteiger partial charge < -0.3 is 9.47 Å². The first-order valence-electron chi connectivity index (χ1n) is 11.7. The topological polar surface area (TPSA) is 52.6 Å². The third kappa shape index (κ3) is 6.04. The summed E-state index contributed by atoms with van der Waals surface area (Å²) in [5.74, 6) is -1.51. The molecule has 0 amide bonds. The fourth-order valence-electron chi connectivity index (χ4n) is 5.36. The number of hydrogen-bond donors (Lipinski definition) is 0. The molecule has 0 radical (unpaired) electrons. The van der Waals surface area contributed by atoms with Gasteiger partial charge >= 0.3 is 11.9 Å². The number of ether oxygens (including phenoxy) is 2. The first kappa shape index (κ1) is 27.1. The maximum atomic E-state index is 13.0. The van der Waals surface area contributed by atoms with Gasteiger partial charge in [-0.1, -0.05) is 117 Å². The largest absolute Gasteiger partial charge is 0.468 e. The SMILES string of the molecule is COC(=O)C(C(=O)OC)[C@@H](C[C@@H](C(C)C)[Si](C)(C)c1ccccc1)[Si](C)(C)c1ccccc1. The summed E-state index contributed by atoms with van der Waals surface area (Å²) in [5, 5.41) is 2.63. The Morgan fingerprint density at radius 2 is 1.06 bits per heavy atom. The van der Waals surface area contributed by atoms with E-state index in [0.29, 0.717) is 11.5 Å². The average Bonchev–Trinajstić information content (AvgIpc) is 2.81. The summed E-state index contributed by atoms with van der Waals surface area (Å²) in [7, 11) is -1.52. The zero-order valence-corrected chi connectivity index (χ0v) is 23.4. The van der Waals surface area contributed by atoms with Gasteiger partial charge in [0, 0.05) is 0 Å². The smallest absolute Gasteiger partial charge is 0.320 e. The molecule has 0 fully saturated rings. The molecule has 2 rings (SSSR count). The molecule has 0 saturated carbocycles. The fraction of sp³-hybridized carbons (Fsp3) is 0.481. The molecule has 2 aromatic carbocycles. The van der Waals surface area contributed by atoms with Crippen LogP contribution in [0.4, 0.5) is 0 Å². The molecule has 2 aromatic rings. The quantitative estimate of drug-likeness (QED) is 0.271. The highest BCUT2D eigenvalue weighted by molar-refractivity contribution is 6.92. The molecule has 0 aromatic heterocycles. The van der Waals surface area contributed by atoms with Crippen LogP contribution in [-0.4, -0.2) is 42.3 Å². The number of carbonyl (C=O) groups excluding carboxylic acids is 2. The molecule has 180 valence electrons. The number of esters is 2. The van der Waals surface area contributed by atoms with Crippen molar-refractivity contribution in [3.05, 3.63) is 60.7 Å². The van der Waals surface area contributed by atoms with Crippen molar-refractivity contribution in [2.45, 2.75) is 57.5 Å². The predicted molar refractivity (Wildman–Crippen MR) is 142 cm³/mol. The lowest BCUT2D eigenvalue weighted by molar-refractivity contribution is -0.159. The zero-order valence-electron chi connectivity index (χ0n) is 21.4. The molecule has 33 heavy (non-hydrogen) atoms. The molecule has 0 bridgehead atoms. The van der Waals surface area contributed by atoms with Crippen molar-refractivity contribution in [1.82, 2.24) is 0 Å². The van der Waals surface area contributed by atoms with Gasteiger partial charge in [-0.25, -0.2) is 0 Å². The Morgan fingerprint density at radius 1 is 0.697 bits per heavy atom. The van der Waals surface area contributed by atoms with Crippen molar-refractivity contribution < 1.29 is 19.1 Å². The summed E-state index contributed by atoms with van der Waals surface area (Å²) in [4.78, 5) is 26.0. The van der Waals surface area contributed by atoms with Gasteiger partial charge in [0.25, 0.3) is 0 Å². The summed E-state index contributed by atoms with van der Waals surface area (Å²) >= 11 is 0. The third-order valence-corrected chi connectivity index (χ3v) is 16.3. The Balaban J connectivity index is 2.65. The van der Waals surface area contributed by atoms with E-state index < -0.39 is 34.0 Å². The van der Waals surface area contributed by atoms with Gasteiger partial charge in [0.05, 0.1) is 30.4 Å². The van der Waals surface area contributed by atoms with Crippen molar-refractivity contribution in [3.63, 3.8) is 0 Å². The van der Waals surface area contributed by atoms with Crippen LogP contribution in [0.25, 0.3) is 0 Å². The molecule has 4 nitrogen and oxygen atoms in total. The monoisotopic (exact) mass is 484 g/mol. The maximum Gasteiger partial charge on any atom is 0.320 e. The van der Waals surface area contributed by atoms with Crippen LogP contribution >= 0.6 is 0 Å². The lowest BCUT2D eigenvalue weighted by Crippen LogP contribution is -2.55. The van der Waals surface area contributed by atoms with Gasteiger partial charge in [-0.2, -0.15) is 0 Å². The summed E-state index contributed by atoms with van der Waals surface area (Å²) in [5.41, 5.74) is 0.222. The standard InChI is InChI=1S/C27H40O4Si2/c1-20(2)23(32(5,6)21-15-11-9-12-16-21)19-24(25(26(28)30-3)27(29)31-4)33(7,8)22-17-13-10-14-18-22/h9-18,20,23-25H,19H2,1-8H3/t23-,24+/m0/s1. The summed E-state index contributed by atoms with van der Waals surface area (Å²) in [6.45, 7) is 13.9. The lowest BCUT2D eigenvalue weighted by atomic mass is 9.96. The van der Waals surface area contributed by atoms with Crippen LogP contribution in [0.5, 0.6) is 0 Å². The molecule has 2 atom stereocenters. The van der Waals surface area contributed by atoms with Gasteiger partial charge in [-0.15, -0.1) is 0 Å². The van der Waals surface area contributed by atoms with E-state index in [1.165, 1.54) is 24.6 Å². The molecule has 0 unspecified atom stereocenters. The third-order valence-electron chi connectivity index (χ3n) is 7.51. The number of hydrogen-bond acceptors (Lipinski definition) is 4. The second kappa shape index (κ2) is 11.3. The van der Waals surface area contributed by atoms with Crippen LogP contribution in [0.15, 0.2) is 60.7 Å². The van der Waals surface area contributed by atoms with E-state index in [-0.39, 0.29) is 5.54 Å². The van der Waals surface area contributed by atoms with E-state index in [1.807, 2.05) is 18.2 Å². The Bertz CT molecular complexity index is 894. The first-order chi connectivity index (χ1) is 15.5. The number of methoxy groups -OCH3 is 2. The number of carbonyl (C=O) groups is 2. The second-order valence-corrected chi connectivity index (χ2v) is 19.9. The maximum absolute atomic E-state index is 13.0. The van der Waals surface area contributed by atoms with Crippen molar-refractivity contribution in [2.75, 3.05) is 14.2 Å². The minimum Gasteiger partial charge on any atom is -0.468 e. The fourth-order valence-corrected chi connectivity index (χ4v) is 13.0. The summed E-state index contributed by atoms with van der Waals surface area (Å²) in [6, 6.07) is 21.1. The molecule has 0 saturated heterocycles. The highest BCUT2D eigenvalue weighted by Crippen LogP contribution is 2.45. The van der Waals surface area contributed by atoms with Crippen LogP contribution in [0.2, 0.25) is 37.3 Å². The van der Waals surface area contributed by atoms with E-state index in [2.05, 4.69) is 82.5 Å². The van der Waals surface area contributed by atoms with Gasteiger partial charge in [0.2, 0.25) is 0 Å². The second-order valence-electron chi connectivity index (χ2n) is 10.4. The zero-order chi connectivity index (χ0) is 24.8. The summed E-state index contributed by atoms with van der Waals surface area (Å²) < 4.78 is 10.3. The minimum atomic E-state index is -2.30. The van der Waals surface area contributed by atoms with E-state index in [0.717, 1.165) is 6.42 Å². The molecule has 0 aliphatic carbocycles. The van der Waals surface area contributed by atoms with Gasteiger partial charge in [0.1, 0.15) is 0 Å². The molecule has 0 aliphatic heterocycles. The summed E-state index contributed by atoms with van der Waals surface area (Å²) in [6.07, 6.45) is 0.786. The lowest BCUT2D eigenvalue weighted by Gasteiger charge is -2.43. The van der Waals surface area contributed by atoms with E-state index in [1.54, 1.807) is 0 Å². The average molecular weight is 485 g/mol. The molecule has 6 heteroatoms. The Labute approximate surface area is 201 Å². The van der Waals surface area contributed by atoms with Crippen molar-refractivity contribution in [1.29, 1.82) is 0 Å². The molecular weight excluding hydrogens is 444 g/mol.